The molecule has 3 rings (SSSR count). The lowest BCUT2D eigenvalue weighted by Gasteiger charge is -2.12. The summed E-state index contributed by atoms with van der Waals surface area (Å²) in [6, 6.07) is 13.7. The molecule has 0 bridgehead atoms. The van der Waals surface area contributed by atoms with Crippen molar-refractivity contribution < 1.29 is 33.7 Å². The van der Waals surface area contributed by atoms with Gasteiger partial charge in [0.2, 0.25) is 11.2 Å². The highest BCUT2D eigenvalue weighted by Crippen LogP contribution is 2.32. The van der Waals surface area contributed by atoms with Gasteiger partial charge in [0.15, 0.2) is 0 Å². The van der Waals surface area contributed by atoms with E-state index in [4.69, 9.17) is 23.2 Å². The van der Waals surface area contributed by atoms with Gasteiger partial charge >= 0.3 is 0 Å². The van der Waals surface area contributed by atoms with E-state index in [2.05, 4.69) is 33.7 Å². The van der Waals surface area contributed by atoms with Crippen molar-refractivity contribution in [3.63, 3.8) is 0 Å². The Hall–Kier alpha value is -1.50. The second-order valence-corrected chi connectivity index (χ2v) is 6.96. The number of halogens is 3. The van der Waals surface area contributed by atoms with E-state index in [1.807, 2.05) is 39.4 Å². The Bertz CT molecular complexity index is 987. The summed E-state index contributed by atoms with van der Waals surface area (Å²) in [5.41, 5.74) is 3.87. The average Bonchev–Trinajstić information content (AvgIpc) is 2.57. The van der Waals surface area contributed by atoms with E-state index in [1.165, 1.54) is 11.5 Å². The molecule has 0 saturated heterocycles. The Morgan fingerprint density at radius 3 is 2.42 bits per heavy atom. The minimum Gasteiger partial charge on any atom is -1.00 e. The number of aryl methyl sites for hydroxylation is 1. The van der Waals surface area contributed by atoms with E-state index in [1.54, 1.807) is 6.07 Å². The van der Waals surface area contributed by atoms with Gasteiger partial charge in [0, 0.05) is 54.0 Å². The number of hydrogen-bond acceptors (Lipinski definition) is 2. The summed E-state index contributed by atoms with van der Waals surface area (Å²) in [7, 11) is 6.07. The highest BCUT2D eigenvalue weighted by atomic mass is 127. The normalized spacial score (nSPS) is 11.0. The topological polar surface area (TPSA) is 27.3 Å². The number of benzene rings is 2. The summed E-state index contributed by atoms with van der Waals surface area (Å²) in [5.74, 6) is 0.0291. The second-order valence-electron chi connectivity index (χ2n) is 6.11. The molecule has 1 heterocycles. The van der Waals surface area contributed by atoms with Crippen molar-refractivity contribution in [1.82, 2.24) is 0 Å². The van der Waals surface area contributed by atoms with Crippen molar-refractivity contribution in [2.75, 3.05) is 19.0 Å². The molecular formula is C20H19Cl2IN2O. The lowest BCUT2D eigenvalue weighted by atomic mass is 10.1. The molecule has 3 nitrogen and oxygen atoms in total. The molecule has 0 aliphatic heterocycles. The minimum atomic E-state index is 0. The first kappa shape index (κ1) is 20.8. The average molecular weight is 501 g/mol. The fraction of sp³-hybridized carbons (Fsp3) is 0.150. The molecule has 1 aromatic heterocycles. The van der Waals surface area contributed by atoms with Gasteiger partial charge in [-0.3, -0.25) is 0 Å². The van der Waals surface area contributed by atoms with Crippen LogP contribution in [0.5, 0.6) is 5.75 Å². The molecule has 0 spiro atoms. The second kappa shape index (κ2) is 8.46. The first-order valence-corrected chi connectivity index (χ1v) is 8.58. The quantitative estimate of drug-likeness (QED) is 0.439. The summed E-state index contributed by atoms with van der Waals surface area (Å²) in [4.78, 5) is 2.08. The van der Waals surface area contributed by atoms with E-state index in [0.29, 0.717) is 10.6 Å². The summed E-state index contributed by atoms with van der Waals surface area (Å²) in [6.45, 7) is 0. The Kier molecular flexibility index (Phi) is 6.77. The maximum atomic E-state index is 10.1. The first-order chi connectivity index (χ1) is 11.9. The van der Waals surface area contributed by atoms with Crippen LogP contribution in [-0.4, -0.2) is 19.2 Å². The molecule has 0 aliphatic carbocycles. The molecule has 0 aliphatic rings. The SMILES string of the molecule is CN(C)c1ccc2c(ccc(/C=C/c3cc(Cl)cc(Cl)c3O)[n+]2C)c1.[I-]. The van der Waals surface area contributed by atoms with Crippen LogP contribution < -0.4 is 33.4 Å². The zero-order valence-electron chi connectivity index (χ0n) is 14.7. The van der Waals surface area contributed by atoms with Gasteiger partial charge in [-0.2, -0.15) is 4.57 Å². The van der Waals surface area contributed by atoms with Gasteiger partial charge in [0.05, 0.1) is 5.02 Å². The van der Waals surface area contributed by atoms with Gasteiger partial charge in [-0.05, 0) is 36.4 Å². The van der Waals surface area contributed by atoms with Crippen molar-refractivity contribution in [2.45, 2.75) is 0 Å². The molecule has 0 unspecified atom stereocenters. The highest BCUT2D eigenvalue weighted by molar-refractivity contribution is 6.35. The first-order valence-electron chi connectivity index (χ1n) is 7.83. The van der Waals surface area contributed by atoms with Crippen LogP contribution in [0.1, 0.15) is 11.3 Å². The number of rotatable bonds is 3. The molecule has 0 amide bonds. The fourth-order valence-electron chi connectivity index (χ4n) is 2.74. The molecule has 3 aromatic rings. The fourth-order valence-corrected chi connectivity index (χ4v) is 3.25. The molecule has 26 heavy (non-hydrogen) atoms. The predicted molar refractivity (Wildman–Crippen MR) is 107 cm³/mol. The smallest absolute Gasteiger partial charge is 0.212 e. The van der Waals surface area contributed by atoms with Gasteiger partial charge in [0.25, 0.3) is 0 Å². The van der Waals surface area contributed by atoms with Crippen molar-refractivity contribution in [3.8, 4) is 5.75 Å². The lowest BCUT2D eigenvalue weighted by Crippen LogP contribution is -3.00. The van der Waals surface area contributed by atoms with Crippen LogP contribution in [-0.2, 0) is 7.05 Å². The maximum Gasteiger partial charge on any atom is 0.212 e. The molecule has 6 heteroatoms. The zero-order valence-corrected chi connectivity index (χ0v) is 18.3. The van der Waals surface area contributed by atoms with Crippen molar-refractivity contribution in [3.05, 3.63) is 63.8 Å². The predicted octanol–water partition coefficient (Wildman–Crippen LogP) is 1.92. The van der Waals surface area contributed by atoms with E-state index in [0.717, 1.165) is 16.9 Å². The van der Waals surface area contributed by atoms with Crippen LogP contribution in [0.3, 0.4) is 0 Å². The van der Waals surface area contributed by atoms with Crippen molar-refractivity contribution in [2.24, 2.45) is 7.05 Å². The summed E-state index contributed by atoms with van der Waals surface area (Å²) < 4.78 is 2.11. The molecule has 1 N–H and O–H groups in total. The standard InChI is InChI=1S/C20H18Cl2N2O.HI/c1-23(2)17-8-9-19-13(11-17)4-6-16(24(19)3)7-5-14-10-15(21)12-18(22)20(14)25;/h4-12H,1-3H3;1H. The van der Waals surface area contributed by atoms with E-state index in [-0.39, 0.29) is 34.7 Å². The number of anilines is 1. The van der Waals surface area contributed by atoms with Crippen LogP contribution in [0, 0.1) is 0 Å². The summed E-state index contributed by atoms with van der Waals surface area (Å²) in [6.07, 6.45) is 3.74. The number of fused-ring (bicyclic) bond motifs is 1. The number of aromatic nitrogens is 1. The Labute approximate surface area is 180 Å². The van der Waals surface area contributed by atoms with Gasteiger partial charge in [-0.15, -0.1) is 0 Å². The third-order valence-electron chi connectivity index (χ3n) is 4.20. The molecule has 136 valence electrons. The van der Waals surface area contributed by atoms with Gasteiger partial charge in [-0.25, -0.2) is 0 Å². The van der Waals surface area contributed by atoms with E-state index >= 15 is 0 Å². The van der Waals surface area contributed by atoms with E-state index < -0.39 is 0 Å². The highest BCUT2D eigenvalue weighted by Gasteiger charge is 2.11. The molecule has 0 atom stereocenters. The van der Waals surface area contributed by atoms with Gasteiger partial charge in [-0.1, -0.05) is 23.2 Å². The molecular weight excluding hydrogens is 482 g/mol. The Balaban J connectivity index is 0.00000243. The van der Waals surface area contributed by atoms with Gasteiger partial charge < -0.3 is 34.0 Å². The maximum absolute atomic E-state index is 10.1. The number of nitrogens with zero attached hydrogens (tertiary/aromatic N) is 2. The zero-order chi connectivity index (χ0) is 18.1. The van der Waals surface area contributed by atoms with Crippen LogP contribution in [0.4, 0.5) is 5.69 Å². The summed E-state index contributed by atoms with van der Waals surface area (Å²) >= 11 is 12.0. The monoisotopic (exact) mass is 500 g/mol. The molecule has 0 fully saturated rings. The van der Waals surface area contributed by atoms with E-state index in [9.17, 15) is 5.11 Å². The third kappa shape index (κ3) is 4.24. The van der Waals surface area contributed by atoms with Crippen LogP contribution >= 0.6 is 23.2 Å². The molecule has 0 radical (unpaired) electrons. The van der Waals surface area contributed by atoms with Crippen molar-refractivity contribution in [1.29, 1.82) is 0 Å². The van der Waals surface area contributed by atoms with Crippen molar-refractivity contribution >= 4 is 51.9 Å². The van der Waals surface area contributed by atoms with Gasteiger partial charge in [0.1, 0.15) is 12.8 Å². The van der Waals surface area contributed by atoms with Crippen LogP contribution in [0.25, 0.3) is 23.1 Å². The largest absolute Gasteiger partial charge is 1.00 e. The number of hydrogen-bond donors (Lipinski definition) is 1. The Morgan fingerprint density at radius 1 is 1.00 bits per heavy atom. The van der Waals surface area contributed by atoms with Crippen LogP contribution in [0.15, 0.2) is 42.5 Å². The summed E-state index contributed by atoms with van der Waals surface area (Å²) in [5, 5.41) is 12.0. The minimum absolute atomic E-state index is 0. The number of phenols is 1. The number of aromatic hydroxyl groups is 1. The number of pyridine rings is 1. The molecule has 0 saturated carbocycles. The Morgan fingerprint density at radius 2 is 1.73 bits per heavy atom. The third-order valence-corrected chi connectivity index (χ3v) is 4.71. The number of phenolic OH excluding ortho intramolecular Hbond substituents is 1. The van der Waals surface area contributed by atoms with Crippen LogP contribution in [0.2, 0.25) is 10.0 Å². The molecule has 2 aromatic carbocycles. The lowest BCUT2D eigenvalue weighted by molar-refractivity contribution is -0.646.